The van der Waals surface area contributed by atoms with Crippen LogP contribution in [0.3, 0.4) is 0 Å². The highest BCUT2D eigenvalue weighted by atomic mass is 35.5. The van der Waals surface area contributed by atoms with Crippen LogP contribution in [0.1, 0.15) is 86.3 Å². The van der Waals surface area contributed by atoms with Crippen molar-refractivity contribution in [3.63, 3.8) is 0 Å². The summed E-state index contributed by atoms with van der Waals surface area (Å²) in [5, 5.41) is 2.91. The molecule has 0 bridgehead atoms. The van der Waals surface area contributed by atoms with Gasteiger partial charge in [0.05, 0.1) is 6.04 Å². The molecule has 1 aliphatic carbocycles. The second kappa shape index (κ2) is 18.4. The molecule has 1 aliphatic heterocycles. The normalized spacial score (nSPS) is 19.3. The van der Waals surface area contributed by atoms with Gasteiger partial charge in [0.1, 0.15) is 0 Å². The summed E-state index contributed by atoms with van der Waals surface area (Å²) in [6, 6.07) is 27.0. The van der Waals surface area contributed by atoms with E-state index in [1.54, 1.807) is 0 Å². The lowest BCUT2D eigenvalue weighted by Gasteiger charge is -2.42. The number of carbonyl (C=O) groups excluding carboxylic acids is 2. The van der Waals surface area contributed by atoms with Crippen LogP contribution in [0.2, 0.25) is 0 Å². The maximum Gasteiger partial charge on any atom is 0.251 e. The molecule has 2 amide bonds. The van der Waals surface area contributed by atoms with E-state index in [2.05, 4.69) is 83.6 Å². The fourth-order valence-electron chi connectivity index (χ4n) is 7.16. The lowest BCUT2D eigenvalue weighted by Crippen LogP contribution is -2.48. The van der Waals surface area contributed by atoms with E-state index in [1.807, 2.05) is 24.3 Å². The lowest BCUT2D eigenvalue weighted by atomic mass is 9.81. The summed E-state index contributed by atoms with van der Waals surface area (Å²) in [4.78, 5) is 31.9. The number of nitrogens with one attached hydrogen (secondary N) is 1. The van der Waals surface area contributed by atoms with Crippen LogP contribution in [-0.4, -0.2) is 53.8 Å². The number of nitrogens with zero attached hydrogens (tertiary/aromatic N) is 2. The van der Waals surface area contributed by atoms with Gasteiger partial charge in [-0.15, -0.1) is 24.8 Å². The minimum absolute atomic E-state index is 0. The number of piperidine rings is 1. The smallest absolute Gasteiger partial charge is 0.251 e. The summed E-state index contributed by atoms with van der Waals surface area (Å²) in [6.07, 6.45) is 7.37. The number of rotatable bonds is 11. The molecule has 3 aromatic carbocycles. The largest absolute Gasteiger partial charge is 0.351 e. The first-order valence-electron chi connectivity index (χ1n) is 16.7. The zero-order valence-corrected chi connectivity index (χ0v) is 29.0. The second-order valence-electron chi connectivity index (χ2n) is 13.0. The fourth-order valence-corrected chi connectivity index (χ4v) is 7.16. The third kappa shape index (κ3) is 9.80. The molecule has 2 fully saturated rings. The van der Waals surface area contributed by atoms with E-state index in [-0.39, 0.29) is 42.8 Å². The van der Waals surface area contributed by atoms with Gasteiger partial charge in [-0.1, -0.05) is 86.5 Å². The molecule has 1 saturated carbocycles. The van der Waals surface area contributed by atoms with Crippen molar-refractivity contribution in [3.8, 4) is 11.1 Å². The summed E-state index contributed by atoms with van der Waals surface area (Å²) < 4.78 is 0. The van der Waals surface area contributed by atoms with E-state index in [4.69, 9.17) is 5.73 Å². The van der Waals surface area contributed by atoms with E-state index in [0.717, 1.165) is 67.9 Å². The number of hydrogen-bond donors (Lipinski definition) is 2. The van der Waals surface area contributed by atoms with E-state index < -0.39 is 0 Å². The van der Waals surface area contributed by atoms with Gasteiger partial charge in [0.2, 0.25) is 5.91 Å². The number of likely N-dealkylation sites (tertiary alicyclic amines) is 1. The zero-order chi connectivity index (χ0) is 30.9. The van der Waals surface area contributed by atoms with Gasteiger partial charge >= 0.3 is 0 Å². The van der Waals surface area contributed by atoms with Gasteiger partial charge in [-0.25, -0.2) is 0 Å². The minimum atomic E-state index is -0.120. The average molecular weight is 668 g/mol. The first kappa shape index (κ1) is 37.6. The Morgan fingerprint density at radius 1 is 0.891 bits per heavy atom. The number of halogens is 2. The Bertz CT molecular complexity index is 1370. The van der Waals surface area contributed by atoms with Gasteiger partial charge < -0.3 is 16.0 Å². The van der Waals surface area contributed by atoms with Crippen LogP contribution in [0, 0.1) is 11.8 Å². The molecule has 6 nitrogen and oxygen atoms in total. The van der Waals surface area contributed by atoms with Gasteiger partial charge in [0.15, 0.2) is 0 Å². The SMILES string of the molecule is CC1CCC(CC(=O)N(C2CCN(Cc3ccccc3)CC2)C(C)c2cccc(-c3ccccc3C(=O)NCCN)c2)CC1.Cl.Cl. The van der Waals surface area contributed by atoms with E-state index >= 15 is 0 Å². The Balaban J connectivity index is 0.00000288. The maximum absolute atomic E-state index is 14.2. The molecule has 1 atom stereocenters. The standard InChI is InChI=1S/C38H50N4O2.2ClH/c1-28-15-17-30(18-16-28)25-37(43)42(34-19-23-41(24-20-34)27-31-9-4-3-5-10-31)29(2)32-11-8-12-33(26-32)35-13-6-7-14-36(35)38(44)40-22-21-39;;/h3-14,26,28-30,34H,15-25,27,39H2,1-2H3,(H,40,44);2*1H. The molecule has 0 aromatic heterocycles. The van der Waals surface area contributed by atoms with Gasteiger partial charge in [0, 0.05) is 50.7 Å². The molecule has 3 aromatic rings. The molecule has 1 unspecified atom stereocenters. The maximum atomic E-state index is 14.2. The van der Waals surface area contributed by atoms with Crippen LogP contribution in [0.5, 0.6) is 0 Å². The van der Waals surface area contributed by atoms with Crippen molar-refractivity contribution in [1.29, 1.82) is 0 Å². The van der Waals surface area contributed by atoms with Crippen LogP contribution < -0.4 is 11.1 Å². The lowest BCUT2D eigenvalue weighted by molar-refractivity contribution is -0.138. The molecule has 250 valence electrons. The molecule has 1 saturated heterocycles. The Labute approximate surface area is 288 Å². The number of hydrogen-bond acceptors (Lipinski definition) is 4. The predicted octanol–water partition coefficient (Wildman–Crippen LogP) is 7.66. The first-order valence-corrected chi connectivity index (χ1v) is 16.7. The Kier molecular flexibility index (Phi) is 15.1. The minimum Gasteiger partial charge on any atom is -0.351 e. The van der Waals surface area contributed by atoms with Crippen LogP contribution in [-0.2, 0) is 11.3 Å². The number of nitrogens with two attached hydrogens (primary N) is 1. The van der Waals surface area contributed by atoms with E-state index in [9.17, 15) is 9.59 Å². The van der Waals surface area contributed by atoms with Crippen molar-refractivity contribution in [2.45, 2.75) is 77.4 Å². The van der Waals surface area contributed by atoms with Crippen molar-refractivity contribution in [3.05, 3.63) is 95.6 Å². The van der Waals surface area contributed by atoms with Crippen LogP contribution in [0.4, 0.5) is 0 Å². The highest BCUT2D eigenvalue weighted by Crippen LogP contribution is 2.35. The molecule has 3 N–H and O–H groups in total. The molecular weight excluding hydrogens is 615 g/mol. The van der Waals surface area contributed by atoms with Gasteiger partial charge in [-0.3, -0.25) is 14.5 Å². The zero-order valence-electron chi connectivity index (χ0n) is 27.4. The van der Waals surface area contributed by atoms with Crippen LogP contribution in [0.15, 0.2) is 78.9 Å². The molecule has 0 spiro atoms. The van der Waals surface area contributed by atoms with E-state index in [1.165, 1.54) is 18.4 Å². The summed E-state index contributed by atoms with van der Waals surface area (Å²) >= 11 is 0. The highest BCUT2D eigenvalue weighted by molar-refractivity contribution is 6.00. The summed E-state index contributed by atoms with van der Waals surface area (Å²) in [6.45, 7) is 8.29. The van der Waals surface area contributed by atoms with Crippen molar-refractivity contribution < 1.29 is 9.59 Å². The predicted molar refractivity (Wildman–Crippen MR) is 194 cm³/mol. The Morgan fingerprint density at radius 2 is 1.57 bits per heavy atom. The summed E-state index contributed by atoms with van der Waals surface area (Å²) in [7, 11) is 0. The number of carbonyl (C=O) groups is 2. The van der Waals surface area contributed by atoms with Gasteiger partial charge in [0.25, 0.3) is 5.91 Å². The van der Waals surface area contributed by atoms with Crippen molar-refractivity contribution in [2.24, 2.45) is 17.6 Å². The molecule has 8 heteroatoms. The number of amides is 2. The number of benzene rings is 3. The third-order valence-corrected chi connectivity index (χ3v) is 9.79. The molecule has 2 aliphatic rings. The van der Waals surface area contributed by atoms with Gasteiger partial charge in [-0.05, 0) is 78.8 Å². The van der Waals surface area contributed by atoms with E-state index in [0.29, 0.717) is 36.9 Å². The molecular formula is C38H52Cl2N4O2. The van der Waals surface area contributed by atoms with Crippen molar-refractivity contribution >= 4 is 36.6 Å². The Morgan fingerprint density at radius 3 is 2.26 bits per heavy atom. The average Bonchev–Trinajstić information content (AvgIpc) is 3.06. The molecule has 46 heavy (non-hydrogen) atoms. The van der Waals surface area contributed by atoms with Crippen LogP contribution in [0.25, 0.3) is 11.1 Å². The Hall–Kier alpha value is -2.90. The highest BCUT2D eigenvalue weighted by Gasteiger charge is 2.34. The quantitative estimate of drug-likeness (QED) is 0.220. The second-order valence-corrected chi connectivity index (χ2v) is 13.0. The summed E-state index contributed by atoms with van der Waals surface area (Å²) in [5.74, 6) is 1.43. The van der Waals surface area contributed by atoms with Gasteiger partial charge in [-0.2, -0.15) is 0 Å². The molecule has 5 rings (SSSR count). The van der Waals surface area contributed by atoms with Crippen LogP contribution >= 0.6 is 24.8 Å². The monoisotopic (exact) mass is 666 g/mol. The fraction of sp³-hybridized carbons (Fsp3) is 0.474. The molecule has 1 heterocycles. The summed E-state index contributed by atoms with van der Waals surface area (Å²) in [5.41, 5.74) is 10.6. The van der Waals surface area contributed by atoms with Crippen molar-refractivity contribution in [2.75, 3.05) is 26.2 Å². The third-order valence-electron chi connectivity index (χ3n) is 9.79. The molecule has 0 radical (unpaired) electrons. The van der Waals surface area contributed by atoms with Crippen molar-refractivity contribution in [1.82, 2.24) is 15.1 Å². The topological polar surface area (TPSA) is 78.7 Å². The first-order chi connectivity index (χ1) is 21.4.